The number of esters is 1. The Balaban J connectivity index is 2.00. The van der Waals surface area contributed by atoms with Crippen molar-refractivity contribution in [1.82, 2.24) is 15.0 Å². The lowest BCUT2D eigenvalue weighted by Gasteiger charge is -2.15. The van der Waals surface area contributed by atoms with Crippen molar-refractivity contribution in [2.45, 2.75) is 13.0 Å². The predicted molar refractivity (Wildman–Crippen MR) is 103 cm³/mol. The van der Waals surface area contributed by atoms with Crippen LogP contribution in [0.15, 0.2) is 60.8 Å². The molecule has 0 bridgehead atoms. The minimum absolute atomic E-state index is 0.336. The molecule has 1 atom stereocenters. The highest BCUT2D eigenvalue weighted by Crippen LogP contribution is 2.29. The van der Waals surface area contributed by atoms with Crippen LogP contribution in [0.4, 0.5) is 0 Å². The Morgan fingerprint density at radius 2 is 1.93 bits per heavy atom. The summed E-state index contributed by atoms with van der Waals surface area (Å²) in [5.74, 6) is -0.475. The zero-order valence-corrected chi connectivity index (χ0v) is 15.6. The molecule has 0 spiro atoms. The maximum atomic E-state index is 12.1. The number of aromatic nitrogens is 3. The fraction of sp³-hybridized carbons (Fsp3) is 0.150. The first-order chi connectivity index (χ1) is 13.1. The van der Waals surface area contributed by atoms with Crippen LogP contribution in [0, 0.1) is 0 Å². The number of halogens is 1. The third kappa shape index (κ3) is 3.77. The summed E-state index contributed by atoms with van der Waals surface area (Å²) in [6, 6.07) is 14.2. The van der Waals surface area contributed by atoms with Gasteiger partial charge in [0.1, 0.15) is 17.5 Å². The molecule has 0 fully saturated rings. The van der Waals surface area contributed by atoms with Crippen molar-refractivity contribution in [1.29, 1.82) is 0 Å². The Hall–Kier alpha value is -2.96. The quantitative estimate of drug-likeness (QED) is 0.538. The van der Waals surface area contributed by atoms with Crippen molar-refractivity contribution in [3.8, 4) is 5.69 Å². The van der Waals surface area contributed by atoms with Gasteiger partial charge in [-0.1, -0.05) is 54.1 Å². The van der Waals surface area contributed by atoms with Gasteiger partial charge in [0.05, 0.1) is 23.9 Å². The Morgan fingerprint density at radius 1 is 1.22 bits per heavy atom. The van der Waals surface area contributed by atoms with Gasteiger partial charge >= 0.3 is 5.97 Å². The second-order valence-electron chi connectivity index (χ2n) is 5.69. The molecule has 0 aliphatic heterocycles. The smallest absolute Gasteiger partial charge is 0.338 e. The topological polar surface area (TPSA) is 77.2 Å². The molecule has 0 saturated heterocycles. The van der Waals surface area contributed by atoms with Gasteiger partial charge in [-0.3, -0.25) is 0 Å². The number of hydrogen-bond acceptors (Lipinski definition) is 5. The van der Waals surface area contributed by atoms with E-state index in [2.05, 4.69) is 10.2 Å². The van der Waals surface area contributed by atoms with Gasteiger partial charge in [0.15, 0.2) is 0 Å². The lowest BCUT2D eigenvalue weighted by Crippen LogP contribution is -2.10. The first kappa shape index (κ1) is 18.8. The minimum Gasteiger partial charge on any atom is -0.465 e. The maximum Gasteiger partial charge on any atom is 0.338 e. The summed E-state index contributed by atoms with van der Waals surface area (Å²) in [7, 11) is 1.32. The summed E-state index contributed by atoms with van der Waals surface area (Å²) in [5, 5.41) is 19.9. The average Bonchev–Trinajstić information content (AvgIpc) is 3.18. The fourth-order valence-corrected chi connectivity index (χ4v) is 2.97. The number of carbonyl (C=O) groups excluding carboxylic acids is 1. The number of aliphatic hydroxyl groups excluding tert-OH is 1. The zero-order valence-electron chi connectivity index (χ0n) is 14.8. The number of methoxy groups -OCH3 is 1. The van der Waals surface area contributed by atoms with Crippen molar-refractivity contribution in [2.24, 2.45) is 0 Å². The standard InChI is InChI=1S/C20H18ClN3O3/c1-3-13(20(26)27-2)14-8-4-5-9-15(14)19(25)17-12-22-24(23-17)18-11-7-6-10-16(18)21/h3-12,19,25H,1-2H3. The van der Waals surface area contributed by atoms with E-state index in [0.29, 0.717) is 33.1 Å². The molecule has 7 heteroatoms. The van der Waals surface area contributed by atoms with Gasteiger partial charge in [0, 0.05) is 0 Å². The SMILES string of the molecule is CC=C(C(=O)OC)c1ccccc1C(O)c1cnn(-c2ccccc2Cl)n1. The number of para-hydroxylation sites is 1. The van der Waals surface area contributed by atoms with Gasteiger partial charge in [-0.05, 0) is 30.2 Å². The molecule has 0 radical (unpaired) electrons. The third-order valence-electron chi connectivity index (χ3n) is 4.10. The van der Waals surface area contributed by atoms with Gasteiger partial charge in [-0.2, -0.15) is 10.2 Å². The van der Waals surface area contributed by atoms with E-state index in [1.807, 2.05) is 12.1 Å². The van der Waals surface area contributed by atoms with Crippen LogP contribution in [-0.4, -0.2) is 33.2 Å². The van der Waals surface area contributed by atoms with Crippen LogP contribution < -0.4 is 0 Å². The summed E-state index contributed by atoms with van der Waals surface area (Å²) in [6.07, 6.45) is 2.05. The molecule has 1 N–H and O–H groups in total. The van der Waals surface area contributed by atoms with Crippen molar-refractivity contribution in [3.05, 3.63) is 82.6 Å². The molecule has 2 aromatic carbocycles. The molecular formula is C20H18ClN3O3. The number of hydrogen-bond donors (Lipinski definition) is 1. The molecular weight excluding hydrogens is 366 g/mol. The highest BCUT2D eigenvalue weighted by Gasteiger charge is 2.22. The van der Waals surface area contributed by atoms with Crippen molar-refractivity contribution in [3.63, 3.8) is 0 Å². The Bertz CT molecular complexity index is 997. The molecule has 3 aromatic rings. The molecule has 0 amide bonds. The van der Waals surface area contributed by atoms with E-state index in [9.17, 15) is 9.90 Å². The first-order valence-corrected chi connectivity index (χ1v) is 8.63. The molecule has 1 heterocycles. The fourth-order valence-electron chi connectivity index (χ4n) is 2.76. The predicted octanol–water partition coefficient (Wildman–Crippen LogP) is 3.58. The third-order valence-corrected chi connectivity index (χ3v) is 4.42. The van der Waals surface area contributed by atoms with E-state index in [1.165, 1.54) is 18.1 Å². The molecule has 3 rings (SSSR count). The summed E-state index contributed by atoms with van der Waals surface area (Å²) in [4.78, 5) is 13.4. The molecule has 1 unspecified atom stereocenters. The molecule has 6 nitrogen and oxygen atoms in total. The lowest BCUT2D eigenvalue weighted by molar-refractivity contribution is -0.133. The number of allylic oxidation sites excluding steroid dienone is 1. The molecule has 138 valence electrons. The highest BCUT2D eigenvalue weighted by atomic mass is 35.5. The van der Waals surface area contributed by atoms with Crippen molar-refractivity contribution >= 4 is 23.1 Å². The van der Waals surface area contributed by atoms with Crippen LogP contribution in [-0.2, 0) is 9.53 Å². The van der Waals surface area contributed by atoms with Gasteiger partial charge in [0.25, 0.3) is 0 Å². The number of nitrogens with zero attached hydrogens (tertiary/aromatic N) is 3. The second-order valence-corrected chi connectivity index (χ2v) is 6.10. The highest BCUT2D eigenvalue weighted by molar-refractivity contribution is 6.32. The van der Waals surface area contributed by atoms with Crippen LogP contribution in [0.5, 0.6) is 0 Å². The second kappa shape index (κ2) is 8.16. The Morgan fingerprint density at radius 3 is 2.63 bits per heavy atom. The van der Waals surface area contributed by atoms with Crippen LogP contribution in [0.3, 0.4) is 0 Å². The van der Waals surface area contributed by atoms with Crippen LogP contribution in [0.2, 0.25) is 5.02 Å². The van der Waals surface area contributed by atoms with Crippen LogP contribution in [0.1, 0.15) is 29.8 Å². The van der Waals surface area contributed by atoms with E-state index in [0.717, 1.165) is 0 Å². The first-order valence-electron chi connectivity index (χ1n) is 8.26. The molecule has 0 aliphatic rings. The van der Waals surface area contributed by atoms with E-state index >= 15 is 0 Å². The van der Waals surface area contributed by atoms with E-state index < -0.39 is 12.1 Å². The van der Waals surface area contributed by atoms with Gasteiger partial charge in [0.2, 0.25) is 0 Å². The van der Waals surface area contributed by atoms with Gasteiger partial charge < -0.3 is 9.84 Å². The Kier molecular flexibility index (Phi) is 5.69. The number of carbonyl (C=O) groups is 1. The van der Waals surface area contributed by atoms with Crippen LogP contribution in [0.25, 0.3) is 11.3 Å². The van der Waals surface area contributed by atoms with E-state index in [4.69, 9.17) is 16.3 Å². The summed E-state index contributed by atoms with van der Waals surface area (Å²) < 4.78 is 4.84. The molecule has 0 saturated carbocycles. The van der Waals surface area contributed by atoms with E-state index in [-0.39, 0.29) is 0 Å². The lowest BCUT2D eigenvalue weighted by atomic mass is 9.95. The normalized spacial score (nSPS) is 12.7. The van der Waals surface area contributed by atoms with Gasteiger partial charge in [-0.15, -0.1) is 4.80 Å². The molecule has 27 heavy (non-hydrogen) atoms. The van der Waals surface area contributed by atoms with Crippen LogP contribution >= 0.6 is 11.6 Å². The summed E-state index contributed by atoms with van der Waals surface area (Å²) >= 11 is 6.18. The van der Waals surface area contributed by atoms with Gasteiger partial charge in [-0.25, -0.2) is 4.79 Å². The largest absolute Gasteiger partial charge is 0.465 e. The summed E-state index contributed by atoms with van der Waals surface area (Å²) in [5.41, 5.74) is 2.41. The Labute approximate surface area is 161 Å². The van der Waals surface area contributed by atoms with Crippen molar-refractivity contribution < 1.29 is 14.6 Å². The number of rotatable bonds is 5. The average molecular weight is 384 g/mol. The number of aliphatic hydroxyl groups is 1. The number of benzene rings is 2. The summed E-state index contributed by atoms with van der Waals surface area (Å²) in [6.45, 7) is 1.74. The molecule has 0 aliphatic carbocycles. The minimum atomic E-state index is -1.07. The monoisotopic (exact) mass is 383 g/mol. The number of ether oxygens (including phenoxy) is 1. The maximum absolute atomic E-state index is 12.1. The van der Waals surface area contributed by atoms with Crippen molar-refractivity contribution in [2.75, 3.05) is 7.11 Å². The molecule has 1 aromatic heterocycles. The van der Waals surface area contributed by atoms with E-state index in [1.54, 1.807) is 49.4 Å². The zero-order chi connectivity index (χ0) is 19.4.